The number of aromatic nitrogens is 1. The molecule has 1 unspecified atom stereocenters. The van der Waals surface area contributed by atoms with E-state index in [1.165, 1.54) is 0 Å². The largest absolute Gasteiger partial charge is 0.379 e. The van der Waals surface area contributed by atoms with Gasteiger partial charge in [-0.05, 0) is 6.42 Å². The van der Waals surface area contributed by atoms with Crippen LogP contribution >= 0.6 is 11.3 Å². The summed E-state index contributed by atoms with van der Waals surface area (Å²) in [6, 6.07) is 0.433. The molecule has 0 radical (unpaired) electrons. The second kappa shape index (κ2) is 5.77. The highest BCUT2D eigenvalue weighted by Crippen LogP contribution is 2.28. The van der Waals surface area contributed by atoms with E-state index in [-0.39, 0.29) is 0 Å². The number of ether oxygens (including phenoxy) is 2. The summed E-state index contributed by atoms with van der Waals surface area (Å²) in [6.07, 6.45) is 1.06. The predicted molar refractivity (Wildman–Crippen MR) is 68.3 cm³/mol. The first-order chi connectivity index (χ1) is 8.26. The summed E-state index contributed by atoms with van der Waals surface area (Å²) in [5.74, 6) is 0. The number of rotatable bonds is 5. The minimum atomic E-state index is 0.433. The average molecular weight is 257 g/mol. The minimum Gasteiger partial charge on any atom is -0.379 e. The van der Waals surface area contributed by atoms with E-state index in [2.05, 4.69) is 16.9 Å². The maximum absolute atomic E-state index is 5.72. The summed E-state index contributed by atoms with van der Waals surface area (Å²) < 4.78 is 10.5. The Labute approximate surface area is 106 Å². The van der Waals surface area contributed by atoms with Gasteiger partial charge in [-0.25, -0.2) is 4.98 Å². The number of anilines is 1. The third-order valence-corrected chi connectivity index (χ3v) is 4.20. The van der Waals surface area contributed by atoms with Crippen LogP contribution in [0.3, 0.4) is 0 Å². The van der Waals surface area contributed by atoms with Gasteiger partial charge in [-0.3, -0.25) is 0 Å². The molecule has 6 heteroatoms. The Balaban J connectivity index is 2.14. The van der Waals surface area contributed by atoms with Crippen LogP contribution < -0.4 is 10.6 Å². The van der Waals surface area contributed by atoms with Crippen molar-refractivity contribution in [3.63, 3.8) is 0 Å². The van der Waals surface area contributed by atoms with Crippen molar-refractivity contribution in [3.8, 4) is 0 Å². The van der Waals surface area contributed by atoms with E-state index in [9.17, 15) is 0 Å². The standard InChI is InChI=1S/C11H19N3O2S/c1-14(8-3-4-16-6-8)11-13-9(7-15-2)10(5-12)17-11/h8H,3-7,12H2,1-2H3. The molecule has 96 valence electrons. The zero-order chi connectivity index (χ0) is 12.3. The minimum absolute atomic E-state index is 0.433. The summed E-state index contributed by atoms with van der Waals surface area (Å²) >= 11 is 1.65. The molecule has 1 aromatic heterocycles. The molecular weight excluding hydrogens is 238 g/mol. The highest BCUT2D eigenvalue weighted by atomic mass is 32.1. The number of thiazole rings is 1. The van der Waals surface area contributed by atoms with Gasteiger partial charge in [0.15, 0.2) is 5.13 Å². The fraction of sp³-hybridized carbons (Fsp3) is 0.727. The molecule has 0 aliphatic carbocycles. The van der Waals surface area contributed by atoms with Gasteiger partial charge in [0.05, 0.1) is 24.9 Å². The van der Waals surface area contributed by atoms with Crippen LogP contribution in [0.25, 0.3) is 0 Å². The Kier molecular flexibility index (Phi) is 4.33. The SMILES string of the molecule is COCc1nc(N(C)C2CCOC2)sc1CN. The molecule has 5 nitrogen and oxygen atoms in total. The molecule has 0 saturated carbocycles. The Morgan fingerprint density at radius 1 is 1.65 bits per heavy atom. The van der Waals surface area contributed by atoms with Gasteiger partial charge in [-0.15, -0.1) is 11.3 Å². The fourth-order valence-electron chi connectivity index (χ4n) is 1.91. The zero-order valence-corrected chi connectivity index (χ0v) is 11.1. The van der Waals surface area contributed by atoms with Crippen LogP contribution in [0.5, 0.6) is 0 Å². The molecule has 1 saturated heterocycles. The third kappa shape index (κ3) is 2.77. The molecule has 0 aromatic carbocycles. The molecular formula is C11H19N3O2S. The Bertz CT molecular complexity index is 364. The predicted octanol–water partition coefficient (Wildman–Crippen LogP) is 0.973. The first-order valence-corrected chi connectivity index (χ1v) is 6.56. The van der Waals surface area contributed by atoms with Crippen LogP contribution in [-0.2, 0) is 22.6 Å². The van der Waals surface area contributed by atoms with Gasteiger partial charge in [-0.2, -0.15) is 0 Å². The topological polar surface area (TPSA) is 60.6 Å². The van der Waals surface area contributed by atoms with Gasteiger partial charge >= 0.3 is 0 Å². The summed E-state index contributed by atoms with van der Waals surface area (Å²) in [4.78, 5) is 7.89. The number of hydrogen-bond acceptors (Lipinski definition) is 6. The number of nitrogens with zero attached hydrogens (tertiary/aromatic N) is 2. The molecule has 1 aliphatic heterocycles. The number of nitrogens with two attached hydrogens (primary N) is 1. The number of methoxy groups -OCH3 is 1. The summed E-state index contributed by atoms with van der Waals surface area (Å²) in [6.45, 7) is 2.67. The molecule has 0 bridgehead atoms. The van der Waals surface area contributed by atoms with E-state index >= 15 is 0 Å². The van der Waals surface area contributed by atoms with Crippen molar-refractivity contribution in [1.82, 2.24) is 4.98 Å². The maximum atomic E-state index is 5.72. The van der Waals surface area contributed by atoms with Crippen LogP contribution in [-0.4, -0.2) is 38.4 Å². The van der Waals surface area contributed by atoms with Gasteiger partial charge in [0.25, 0.3) is 0 Å². The van der Waals surface area contributed by atoms with E-state index in [4.69, 9.17) is 15.2 Å². The summed E-state index contributed by atoms with van der Waals surface area (Å²) in [7, 11) is 3.74. The quantitative estimate of drug-likeness (QED) is 0.852. The number of hydrogen-bond donors (Lipinski definition) is 1. The van der Waals surface area contributed by atoms with Gasteiger partial charge in [0.2, 0.25) is 0 Å². The van der Waals surface area contributed by atoms with E-state index in [0.29, 0.717) is 19.2 Å². The van der Waals surface area contributed by atoms with Gasteiger partial charge < -0.3 is 20.1 Å². The zero-order valence-electron chi connectivity index (χ0n) is 10.3. The van der Waals surface area contributed by atoms with Crippen LogP contribution in [0.15, 0.2) is 0 Å². The fourth-order valence-corrected chi connectivity index (χ4v) is 2.89. The van der Waals surface area contributed by atoms with Crippen molar-refractivity contribution < 1.29 is 9.47 Å². The molecule has 1 aliphatic rings. The maximum Gasteiger partial charge on any atom is 0.185 e. The lowest BCUT2D eigenvalue weighted by Gasteiger charge is -2.21. The molecule has 0 amide bonds. The Morgan fingerprint density at radius 2 is 2.47 bits per heavy atom. The van der Waals surface area contributed by atoms with Crippen LogP contribution in [0.4, 0.5) is 5.13 Å². The van der Waals surface area contributed by atoms with Crippen molar-refractivity contribution >= 4 is 16.5 Å². The highest BCUT2D eigenvalue weighted by molar-refractivity contribution is 7.15. The molecule has 1 atom stereocenters. The Hall–Kier alpha value is -0.690. The smallest absolute Gasteiger partial charge is 0.185 e. The van der Waals surface area contributed by atoms with E-state index in [1.54, 1.807) is 18.4 Å². The van der Waals surface area contributed by atoms with Crippen LogP contribution in [0.1, 0.15) is 17.0 Å². The van der Waals surface area contributed by atoms with Gasteiger partial charge in [0.1, 0.15) is 0 Å². The van der Waals surface area contributed by atoms with Gasteiger partial charge in [0, 0.05) is 32.2 Å². The first kappa shape index (κ1) is 12.8. The highest BCUT2D eigenvalue weighted by Gasteiger charge is 2.23. The van der Waals surface area contributed by atoms with Crippen molar-refractivity contribution in [2.24, 2.45) is 5.73 Å². The van der Waals surface area contributed by atoms with E-state index < -0.39 is 0 Å². The van der Waals surface area contributed by atoms with Crippen molar-refractivity contribution in [1.29, 1.82) is 0 Å². The van der Waals surface area contributed by atoms with E-state index in [1.807, 2.05) is 0 Å². The lowest BCUT2D eigenvalue weighted by atomic mass is 10.2. The summed E-state index contributed by atoms with van der Waals surface area (Å²) in [5, 5.41) is 1.01. The lowest BCUT2D eigenvalue weighted by molar-refractivity contribution is 0.181. The molecule has 2 heterocycles. The monoisotopic (exact) mass is 257 g/mol. The molecule has 2 N–H and O–H groups in total. The average Bonchev–Trinajstić information content (AvgIpc) is 2.97. The number of likely N-dealkylation sites (N-methyl/N-ethyl adjacent to an activating group) is 1. The Morgan fingerprint density at radius 3 is 3.06 bits per heavy atom. The second-order valence-corrected chi connectivity index (χ2v) is 5.19. The summed E-state index contributed by atoms with van der Waals surface area (Å²) in [5.41, 5.74) is 6.68. The van der Waals surface area contributed by atoms with Crippen molar-refractivity contribution in [2.75, 3.05) is 32.3 Å². The van der Waals surface area contributed by atoms with Crippen molar-refractivity contribution in [2.45, 2.75) is 25.6 Å². The second-order valence-electron chi connectivity index (χ2n) is 4.13. The third-order valence-electron chi connectivity index (χ3n) is 2.99. The molecule has 1 aromatic rings. The van der Waals surface area contributed by atoms with Crippen LogP contribution in [0.2, 0.25) is 0 Å². The van der Waals surface area contributed by atoms with Gasteiger partial charge in [-0.1, -0.05) is 0 Å². The molecule has 0 spiro atoms. The first-order valence-electron chi connectivity index (χ1n) is 5.74. The van der Waals surface area contributed by atoms with Crippen LogP contribution in [0, 0.1) is 0 Å². The lowest BCUT2D eigenvalue weighted by Crippen LogP contribution is -2.31. The normalized spacial score (nSPS) is 19.8. The molecule has 1 fully saturated rings. The van der Waals surface area contributed by atoms with E-state index in [0.717, 1.165) is 35.3 Å². The molecule has 17 heavy (non-hydrogen) atoms. The molecule has 2 rings (SSSR count). The van der Waals surface area contributed by atoms with Crippen molar-refractivity contribution in [3.05, 3.63) is 10.6 Å².